The van der Waals surface area contributed by atoms with E-state index < -0.39 is 0 Å². The predicted molar refractivity (Wildman–Crippen MR) is 168 cm³/mol. The van der Waals surface area contributed by atoms with E-state index in [1.165, 1.54) is 12.8 Å². The quantitative estimate of drug-likeness (QED) is 0.204. The summed E-state index contributed by atoms with van der Waals surface area (Å²) in [6.45, 7) is 7.29. The third-order valence-electron chi connectivity index (χ3n) is 7.47. The van der Waals surface area contributed by atoms with E-state index in [1.54, 1.807) is 23.1 Å². The fraction of sp³-hybridized carbons (Fsp3) is 0.394. The van der Waals surface area contributed by atoms with Crippen LogP contribution >= 0.6 is 23.2 Å². The van der Waals surface area contributed by atoms with Gasteiger partial charge < -0.3 is 19.4 Å². The second-order valence-electron chi connectivity index (χ2n) is 10.8. The number of amides is 1. The summed E-state index contributed by atoms with van der Waals surface area (Å²) in [5.41, 5.74) is 3.95. The average Bonchev–Trinajstić information content (AvgIpc) is 3.48. The van der Waals surface area contributed by atoms with E-state index in [0.29, 0.717) is 15.7 Å². The number of carbonyl (C=O) groups excluding carboxylic acids is 1. The van der Waals surface area contributed by atoms with Gasteiger partial charge in [0, 0.05) is 19.3 Å². The minimum atomic E-state index is -0.106. The lowest BCUT2D eigenvalue weighted by Gasteiger charge is -2.32. The molecule has 0 N–H and O–H groups in total. The zero-order valence-electron chi connectivity index (χ0n) is 24.0. The summed E-state index contributed by atoms with van der Waals surface area (Å²) in [5, 5.41) is 10.3. The highest BCUT2D eigenvalue weighted by molar-refractivity contribution is 6.42. The van der Waals surface area contributed by atoms with Crippen molar-refractivity contribution >= 4 is 34.8 Å². The van der Waals surface area contributed by atoms with E-state index in [9.17, 15) is 10.1 Å². The summed E-state index contributed by atoms with van der Waals surface area (Å²) in [4.78, 5) is 19.7. The predicted octanol–water partition coefficient (Wildman–Crippen LogP) is 7.46. The molecule has 216 valence electrons. The number of rotatable bonds is 12. The molecule has 1 atom stereocenters. The van der Waals surface area contributed by atoms with Crippen LogP contribution in [0.5, 0.6) is 5.75 Å². The Bertz CT molecular complexity index is 1350. The molecular weight excluding hydrogens is 555 g/mol. The fourth-order valence-electron chi connectivity index (χ4n) is 5.27. The van der Waals surface area contributed by atoms with Crippen molar-refractivity contribution in [3.63, 3.8) is 0 Å². The lowest BCUT2D eigenvalue weighted by Crippen LogP contribution is -2.41. The molecule has 0 saturated carbocycles. The van der Waals surface area contributed by atoms with Crippen molar-refractivity contribution < 1.29 is 9.53 Å². The average molecular weight is 594 g/mol. The number of halogens is 2. The zero-order chi connectivity index (χ0) is 29.4. The van der Waals surface area contributed by atoms with Gasteiger partial charge >= 0.3 is 0 Å². The van der Waals surface area contributed by atoms with Gasteiger partial charge in [0.05, 0.1) is 34.8 Å². The van der Waals surface area contributed by atoms with Gasteiger partial charge in [-0.3, -0.25) is 4.79 Å². The van der Waals surface area contributed by atoms with Crippen LogP contribution < -0.4 is 9.64 Å². The standard InChI is InChI=1S/C33H38Cl2N4O2/c1-24(2)41-29-8-6-7-27(21-29)25-9-11-26(12-10-25)32(15-19-38-17-4-5-18-38)37(3)33(40)23-39(20-16-36)28-13-14-30(34)31(35)22-28/h6-14,21-22,24,32H,4-5,15,17-20,23H2,1-3H3. The van der Waals surface area contributed by atoms with Crippen LogP contribution in [0.3, 0.4) is 0 Å². The Morgan fingerprint density at radius 3 is 2.39 bits per heavy atom. The van der Waals surface area contributed by atoms with E-state index >= 15 is 0 Å². The molecule has 0 aromatic heterocycles. The molecule has 3 aromatic rings. The first-order valence-electron chi connectivity index (χ1n) is 14.2. The van der Waals surface area contributed by atoms with Gasteiger partial charge in [-0.1, -0.05) is 59.6 Å². The second-order valence-corrected chi connectivity index (χ2v) is 11.6. The molecule has 1 heterocycles. The lowest BCUT2D eigenvalue weighted by atomic mass is 9.97. The number of nitriles is 1. The van der Waals surface area contributed by atoms with Gasteiger partial charge in [0.25, 0.3) is 0 Å². The molecule has 8 heteroatoms. The van der Waals surface area contributed by atoms with Crippen LogP contribution in [0, 0.1) is 11.3 Å². The topological polar surface area (TPSA) is 59.8 Å². The van der Waals surface area contributed by atoms with Crippen LogP contribution in [0.25, 0.3) is 11.1 Å². The van der Waals surface area contributed by atoms with Crippen LogP contribution in [-0.2, 0) is 4.79 Å². The number of likely N-dealkylation sites (N-methyl/N-ethyl adjacent to an activating group) is 1. The molecule has 0 radical (unpaired) electrons. The Hall–Kier alpha value is -3.24. The molecule has 1 aliphatic heterocycles. The first-order chi connectivity index (χ1) is 19.7. The molecule has 0 bridgehead atoms. The van der Waals surface area contributed by atoms with Crippen LogP contribution in [-0.4, -0.2) is 61.6 Å². The zero-order valence-corrected chi connectivity index (χ0v) is 25.5. The molecule has 6 nitrogen and oxygen atoms in total. The smallest absolute Gasteiger partial charge is 0.242 e. The molecule has 1 unspecified atom stereocenters. The van der Waals surface area contributed by atoms with Gasteiger partial charge in [0.1, 0.15) is 12.3 Å². The number of ether oxygens (including phenoxy) is 1. The Kier molecular flexibility index (Phi) is 10.9. The highest BCUT2D eigenvalue weighted by Crippen LogP contribution is 2.31. The molecule has 1 amide bonds. The van der Waals surface area contributed by atoms with Crippen molar-refractivity contribution in [2.45, 2.75) is 45.3 Å². The molecule has 41 heavy (non-hydrogen) atoms. The van der Waals surface area contributed by atoms with Gasteiger partial charge in [-0.15, -0.1) is 0 Å². The molecule has 0 spiro atoms. The molecule has 1 saturated heterocycles. The summed E-state index contributed by atoms with van der Waals surface area (Å²) in [7, 11) is 1.86. The number of anilines is 1. The van der Waals surface area contributed by atoms with Crippen molar-refractivity contribution in [1.82, 2.24) is 9.80 Å². The van der Waals surface area contributed by atoms with Gasteiger partial charge in [-0.25, -0.2) is 0 Å². The summed E-state index contributed by atoms with van der Waals surface area (Å²) in [6, 6.07) is 23.8. The number of likely N-dealkylation sites (tertiary alicyclic amines) is 1. The van der Waals surface area contributed by atoms with Gasteiger partial charge in [-0.2, -0.15) is 5.26 Å². The van der Waals surface area contributed by atoms with E-state index in [1.807, 2.05) is 37.9 Å². The number of hydrogen-bond acceptors (Lipinski definition) is 5. The van der Waals surface area contributed by atoms with Crippen LogP contribution in [0.15, 0.2) is 66.7 Å². The Balaban J connectivity index is 1.55. The third kappa shape index (κ3) is 8.39. The molecule has 3 aromatic carbocycles. The largest absolute Gasteiger partial charge is 0.491 e. The normalized spacial score (nSPS) is 14.1. The number of hydrogen-bond donors (Lipinski definition) is 0. The van der Waals surface area contributed by atoms with Crippen LogP contribution in [0.1, 0.15) is 44.7 Å². The van der Waals surface area contributed by atoms with E-state index in [2.05, 4.69) is 47.4 Å². The Morgan fingerprint density at radius 2 is 1.73 bits per heavy atom. The molecule has 1 fully saturated rings. The number of nitrogens with zero attached hydrogens (tertiary/aromatic N) is 4. The van der Waals surface area contributed by atoms with Crippen molar-refractivity contribution in [2.75, 3.05) is 44.7 Å². The highest BCUT2D eigenvalue weighted by atomic mass is 35.5. The van der Waals surface area contributed by atoms with Crippen molar-refractivity contribution in [2.24, 2.45) is 0 Å². The van der Waals surface area contributed by atoms with Crippen LogP contribution in [0.2, 0.25) is 10.0 Å². The maximum atomic E-state index is 13.7. The summed E-state index contributed by atoms with van der Waals surface area (Å²) in [6.07, 6.45) is 3.38. The van der Waals surface area contributed by atoms with Crippen molar-refractivity contribution in [1.29, 1.82) is 5.26 Å². The number of benzene rings is 3. The first-order valence-corrected chi connectivity index (χ1v) is 14.9. The molecular formula is C33H38Cl2N4O2. The highest BCUT2D eigenvalue weighted by Gasteiger charge is 2.25. The summed E-state index contributed by atoms with van der Waals surface area (Å²) < 4.78 is 5.88. The monoisotopic (exact) mass is 592 g/mol. The van der Waals surface area contributed by atoms with Gasteiger partial charge in [0.15, 0.2) is 0 Å². The Morgan fingerprint density at radius 1 is 1.00 bits per heavy atom. The first kappa shape index (κ1) is 30.7. The van der Waals surface area contributed by atoms with E-state index in [-0.39, 0.29) is 31.1 Å². The third-order valence-corrected chi connectivity index (χ3v) is 8.21. The maximum Gasteiger partial charge on any atom is 0.242 e. The minimum Gasteiger partial charge on any atom is -0.491 e. The van der Waals surface area contributed by atoms with Crippen molar-refractivity contribution in [3.8, 4) is 22.9 Å². The lowest BCUT2D eigenvalue weighted by molar-refractivity contribution is -0.130. The van der Waals surface area contributed by atoms with E-state index in [0.717, 1.165) is 48.5 Å². The Labute approximate surface area is 254 Å². The summed E-state index contributed by atoms with van der Waals surface area (Å²) in [5.74, 6) is 0.777. The maximum absolute atomic E-state index is 13.7. The SMILES string of the molecule is CC(C)Oc1cccc(-c2ccc(C(CCN3CCCC3)N(C)C(=O)CN(CC#N)c3ccc(Cl)c(Cl)c3)cc2)c1. The van der Waals surface area contributed by atoms with Crippen molar-refractivity contribution in [3.05, 3.63) is 82.3 Å². The summed E-state index contributed by atoms with van der Waals surface area (Å²) >= 11 is 12.3. The number of carbonyl (C=O) groups is 1. The molecule has 0 aliphatic carbocycles. The second kappa shape index (κ2) is 14.6. The minimum absolute atomic E-state index is 0.0585. The molecule has 1 aliphatic rings. The fourth-order valence-corrected chi connectivity index (χ4v) is 5.56. The van der Waals surface area contributed by atoms with E-state index in [4.69, 9.17) is 27.9 Å². The van der Waals surface area contributed by atoms with Crippen LogP contribution in [0.4, 0.5) is 5.69 Å². The molecule has 4 rings (SSSR count). The van der Waals surface area contributed by atoms with Gasteiger partial charge in [0.2, 0.25) is 5.91 Å². The van der Waals surface area contributed by atoms with Gasteiger partial charge in [-0.05, 0) is 93.2 Å².